The van der Waals surface area contributed by atoms with Gasteiger partial charge in [0.05, 0.1) is 0 Å². The molecule has 13 heavy (non-hydrogen) atoms. The average molecular weight is 179 g/mol. The Kier molecular flexibility index (Phi) is 2.13. The van der Waals surface area contributed by atoms with Crippen LogP contribution in [0.3, 0.4) is 0 Å². The number of allylic oxidation sites excluding steroid dienone is 1. The molecule has 0 aromatic carbocycles. The Balaban J connectivity index is 2.21. The van der Waals surface area contributed by atoms with Gasteiger partial charge in [-0.3, -0.25) is 0 Å². The van der Waals surface area contributed by atoms with Crippen molar-refractivity contribution < 1.29 is 0 Å². The molecule has 0 spiro atoms. The van der Waals surface area contributed by atoms with Gasteiger partial charge in [-0.15, -0.1) is 0 Å². The van der Waals surface area contributed by atoms with Crippen LogP contribution in [-0.2, 0) is 0 Å². The predicted octanol–water partition coefficient (Wildman–Crippen LogP) is 3.08. The summed E-state index contributed by atoms with van der Waals surface area (Å²) < 4.78 is 0. The third kappa shape index (κ3) is 1.38. The molecule has 1 unspecified atom stereocenters. The van der Waals surface area contributed by atoms with Crippen molar-refractivity contribution in [2.45, 2.75) is 52.5 Å². The largest absolute Gasteiger partial charge is 0.385 e. The van der Waals surface area contributed by atoms with E-state index in [2.05, 4.69) is 32.2 Å². The summed E-state index contributed by atoms with van der Waals surface area (Å²) in [7, 11) is 0. The monoisotopic (exact) mass is 179 g/mol. The Morgan fingerprint density at radius 2 is 2.38 bits per heavy atom. The standard InChI is InChI=1S/C12H21N/c1-4-12(3)7-5-6-11-10(12)8-9(2)13-11/h8,10-11,13H,4-7H2,1-3H3/t10?,11-,12+/m0/s1. The third-order valence-electron chi connectivity index (χ3n) is 4.15. The molecule has 1 heterocycles. The molecule has 2 rings (SSSR count). The van der Waals surface area contributed by atoms with E-state index in [0.717, 1.165) is 12.0 Å². The van der Waals surface area contributed by atoms with Gasteiger partial charge in [0.1, 0.15) is 0 Å². The number of hydrogen-bond donors (Lipinski definition) is 1. The fourth-order valence-corrected chi connectivity index (χ4v) is 3.06. The van der Waals surface area contributed by atoms with E-state index in [1.165, 1.54) is 31.4 Å². The predicted molar refractivity (Wildman–Crippen MR) is 56.4 cm³/mol. The van der Waals surface area contributed by atoms with E-state index < -0.39 is 0 Å². The Labute approximate surface area is 81.6 Å². The molecule has 1 aliphatic carbocycles. The van der Waals surface area contributed by atoms with Crippen LogP contribution in [0.4, 0.5) is 0 Å². The summed E-state index contributed by atoms with van der Waals surface area (Å²) in [6.07, 6.45) is 7.97. The van der Waals surface area contributed by atoms with Crippen LogP contribution in [0.2, 0.25) is 0 Å². The van der Waals surface area contributed by atoms with E-state index in [0.29, 0.717) is 5.41 Å². The first-order valence-electron chi connectivity index (χ1n) is 5.61. The smallest absolute Gasteiger partial charge is 0.0326 e. The first-order chi connectivity index (χ1) is 6.15. The van der Waals surface area contributed by atoms with Crippen LogP contribution in [0.15, 0.2) is 11.8 Å². The zero-order valence-corrected chi connectivity index (χ0v) is 9.06. The van der Waals surface area contributed by atoms with Gasteiger partial charge in [-0.05, 0) is 25.2 Å². The highest BCUT2D eigenvalue weighted by molar-refractivity contribution is 5.16. The molecule has 1 aliphatic heterocycles. The number of nitrogens with one attached hydrogen (secondary N) is 1. The van der Waals surface area contributed by atoms with Gasteiger partial charge in [0.25, 0.3) is 0 Å². The molecule has 0 aromatic rings. The van der Waals surface area contributed by atoms with Gasteiger partial charge >= 0.3 is 0 Å². The van der Waals surface area contributed by atoms with Gasteiger partial charge in [0.2, 0.25) is 0 Å². The van der Waals surface area contributed by atoms with Gasteiger partial charge in [-0.25, -0.2) is 0 Å². The van der Waals surface area contributed by atoms with Gasteiger partial charge in [0, 0.05) is 17.7 Å². The van der Waals surface area contributed by atoms with Crippen molar-refractivity contribution in [2.24, 2.45) is 11.3 Å². The molecule has 1 saturated carbocycles. The minimum absolute atomic E-state index is 0.563. The molecular weight excluding hydrogens is 158 g/mol. The van der Waals surface area contributed by atoms with E-state index in [1.807, 2.05) is 0 Å². The molecule has 2 aliphatic rings. The maximum atomic E-state index is 3.61. The molecule has 1 nitrogen and oxygen atoms in total. The molecule has 0 bridgehead atoms. The Morgan fingerprint density at radius 1 is 1.62 bits per heavy atom. The fourth-order valence-electron chi connectivity index (χ4n) is 3.06. The van der Waals surface area contributed by atoms with Crippen molar-refractivity contribution >= 4 is 0 Å². The summed E-state index contributed by atoms with van der Waals surface area (Å²) in [6, 6.07) is 0.749. The maximum absolute atomic E-state index is 3.61. The van der Waals surface area contributed by atoms with Crippen molar-refractivity contribution in [1.29, 1.82) is 0 Å². The second-order valence-electron chi connectivity index (χ2n) is 5.03. The topological polar surface area (TPSA) is 12.0 Å². The Hall–Kier alpha value is -0.460. The molecule has 74 valence electrons. The minimum atomic E-state index is 0.563. The van der Waals surface area contributed by atoms with Crippen LogP contribution in [0.25, 0.3) is 0 Å². The molecule has 1 N–H and O–H groups in total. The van der Waals surface area contributed by atoms with Crippen LogP contribution < -0.4 is 5.32 Å². The second kappa shape index (κ2) is 3.04. The fraction of sp³-hybridized carbons (Fsp3) is 0.833. The summed E-state index contributed by atoms with van der Waals surface area (Å²) in [6.45, 7) is 7.00. The van der Waals surface area contributed by atoms with Crippen LogP contribution in [-0.4, -0.2) is 6.04 Å². The van der Waals surface area contributed by atoms with Gasteiger partial charge in [0.15, 0.2) is 0 Å². The summed E-state index contributed by atoms with van der Waals surface area (Å²) in [5.41, 5.74) is 1.96. The third-order valence-corrected chi connectivity index (χ3v) is 4.15. The molecule has 1 heteroatoms. The lowest BCUT2D eigenvalue weighted by Gasteiger charge is -2.42. The van der Waals surface area contributed by atoms with Crippen molar-refractivity contribution in [1.82, 2.24) is 5.32 Å². The minimum Gasteiger partial charge on any atom is -0.385 e. The van der Waals surface area contributed by atoms with E-state index in [1.54, 1.807) is 0 Å². The summed E-state index contributed by atoms with van der Waals surface area (Å²) >= 11 is 0. The number of fused-ring (bicyclic) bond motifs is 1. The highest BCUT2D eigenvalue weighted by Crippen LogP contribution is 2.46. The summed E-state index contributed by atoms with van der Waals surface area (Å²) in [5, 5.41) is 3.61. The maximum Gasteiger partial charge on any atom is 0.0326 e. The normalized spacial score (nSPS) is 43.8. The highest BCUT2D eigenvalue weighted by Gasteiger charge is 2.42. The lowest BCUT2D eigenvalue weighted by atomic mass is 9.65. The van der Waals surface area contributed by atoms with Gasteiger partial charge in [-0.1, -0.05) is 32.8 Å². The highest BCUT2D eigenvalue weighted by atomic mass is 15.0. The molecular formula is C12H21N. The first kappa shape index (κ1) is 9.11. The molecule has 0 radical (unpaired) electrons. The van der Waals surface area contributed by atoms with Crippen molar-refractivity contribution in [3.8, 4) is 0 Å². The quantitative estimate of drug-likeness (QED) is 0.652. The van der Waals surface area contributed by atoms with Gasteiger partial charge in [-0.2, -0.15) is 0 Å². The lowest BCUT2D eigenvalue weighted by Crippen LogP contribution is -2.41. The van der Waals surface area contributed by atoms with E-state index in [4.69, 9.17) is 0 Å². The zero-order valence-electron chi connectivity index (χ0n) is 9.06. The van der Waals surface area contributed by atoms with Crippen molar-refractivity contribution in [3.05, 3.63) is 11.8 Å². The second-order valence-corrected chi connectivity index (χ2v) is 5.03. The van der Waals surface area contributed by atoms with E-state index in [9.17, 15) is 0 Å². The van der Waals surface area contributed by atoms with E-state index >= 15 is 0 Å². The summed E-state index contributed by atoms with van der Waals surface area (Å²) in [4.78, 5) is 0. The van der Waals surface area contributed by atoms with E-state index in [-0.39, 0.29) is 0 Å². The van der Waals surface area contributed by atoms with Crippen LogP contribution in [0, 0.1) is 11.3 Å². The van der Waals surface area contributed by atoms with Crippen LogP contribution in [0.1, 0.15) is 46.5 Å². The van der Waals surface area contributed by atoms with Crippen molar-refractivity contribution in [3.63, 3.8) is 0 Å². The number of rotatable bonds is 1. The average Bonchev–Trinajstić information content (AvgIpc) is 2.48. The zero-order chi connectivity index (χ0) is 9.47. The molecule has 3 atom stereocenters. The first-order valence-corrected chi connectivity index (χ1v) is 5.61. The van der Waals surface area contributed by atoms with Gasteiger partial charge < -0.3 is 5.32 Å². The molecule has 0 saturated heterocycles. The van der Waals surface area contributed by atoms with Crippen molar-refractivity contribution in [2.75, 3.05) is 0 Å². The molecule has 0 aromatic heterocycles. The van der Waals surface area contributed by atoms with Crippen LogP contribution >= 0.6 is 0 Å². The summed E-state index contributed by atoms with van der Waals surface area (Å²) in [5.74, 6) is 0.797. The van der Waals surface area contributed by atoms with Crippen LogP contribution in [0.5, 0.6) is 0 Å². The SMILES string of the molecule is CC[C@]1(C)CCC[C@@H]2NC(C)=CC21. The molecule has 0 amide bonds. The molecule has 1 fully saturated rings. The Morgan fingerprint density at radius 3 is 3.08 bits per heavy atom. The lowest BCUT2D eigenvalue weighted by molar-refractivity contribution is 0.124. The Bertz CT molecular complexity index is 231. The number of hydrogen-bond acceptors (Lipinski definition) is 1.